The fraction of sp³-hybridized carbons (Fsp3) is 0.782. The number of hydrogen-bond donors (Lipinski definition) is 6. The number of carboxylic acids is 1. The molecule has 3 saturated heterocycles. The van der Waals surface area contributed by atoms with E-state index in [2.05, 4.69) is 11.4 Å². The molecule has 17 atom stereocenters. The maximum atomic E-state index is 14.5. The van der Waals surface area contributed by atoms with Crippen molar-refractivity contribution in [2.24, 2.45) is 17.8 Å². The van der Waals surface area contributed by atoms with Crippen LogP contribution in [0.1, 0.15) is 122 Å². The summed E-state index contributed by atoms with van der Waals surface area (Å²) in [6, 6.07) is 3.55. The fourth-order valence-corrected chi connectivity index (χ4v) is 12.2. The van der Waals surface area contributed by atoms with E-state index >= 15 is 0 Å². The average Bonchev–Trinajstić information content (AvgIpc) is 3.74. The number of rotatable bonds is 16. The molecule has 0 radical (unpaired) electrons. The number of aromatic nitrogens is 1. The number of likely N-dealkylation sites (N-methyl/N-ethyl adjacent to an activating group) is 2. The quantitative estimate of drug-likeness (QED) is 0.104. The first-order valence-electron chi connectivity index (χ1n) is 27.0. The molecular formula is C55H88N4O16. The standard InChI is InChI=1S/C55H88N4O16/c1-14-41-55(9,68)40(60)29-58(12)27-30(2)25-53(7,67)48(75-52-46(63)39(57(10)11)22-31(3)70-52)32(4)47(33(5)51(66)72-41)74-43-26-54(8,69-13)49(34(6)71-43)73-42(61)17-20-56-19-15-16-35-23-36-18-21-59-28-38(50(64)65)45(62)37(24-35)44(36)59/h23-24,28,30-34,39-41,43,46-49,52,56,60,63,67-68H,14-22,25-27,29H2,1-13H3,(H,64,65)/t30-,31-,32+,33-,34+,39+,40+,41-,43+,46-,47+,48-,49+,52+,53-,54-,55+/m1/s1. The molecule has 1 aromatic heterocycles. The number of carbonyl (C=O) groups is 3. The molecule has 20 nitrogen and oxygen atoms in total. The van der Waals surface area contributed by atoms with Gasteiger partial charge in [-0.25, -0.2) is 4.79 Å². The molecule has 20 heteroatoms. The Morgan fingerprint density at radius 1 is 0.960 bits per heavy atom. The third-order valence-electron chi connectivity index (χ3n) is 16.3. The first-order valence-corrected chi connectivity index (χ1v) is 27.0. The molecule has 0 bridgehead atoms. The SMILES string of the molecule is CC[C@H]1OC(=O)[C@H](C)[C@@H](O[C@H]2C[C@@](C)(OC)[C@@H](OC(=O)CCNCCCc3cc4c5c(c3)c(=O)c(C(=O)O)cn5CC4)[C@H](C)O2)[C@H](C)[C@@H](O[C@@H]2O[C@H](C)C[C@H](N(C)C)[C@H]2O)[C@](C)(O)C[C@@H](C)CN(C)C[C@H](O)[C@]1(C)O. The second-order valence-electron chi connectivity index (χ2n) is 23.1. The van der Waals surface area contributed by atoms with Gasteiger partial charge in [-0.15, -0.1) is 0 Å². The van der Waals surface area contributed by atoms with Crippen molar-refractivity contribution >= 4 is 28.8 Å². The monoisotopic (exact) mass is 1060 g/mol. The summed E-state index contributed by atoms with van der Waals surface area (Å²) in [6.45, 7) is 17.7. The van der Waals surface area contributed by atoms with Crippen LogP contribution in [0.25, 0.3) is 10.9 Å². The normalized spacial score (nSPS) is 37.5. The van der Waals surface area contributed by atoms with Crippen molar-refractivity contribution in [2.45, 2.75) is 204 Å². The molecule has 5 heterocycles. The topological polar surface area (TPSA) is 257 Å². The van der Waals surface area contributed by atoms with E-state index in [0.29, 0.717) is 50.8 Å². The van der Waals surface area contributed by atoms with Crippen LogP contribution in [0.5, 0.6) is 0 Å². The highest BCUT2D eigenvalue weighted by Crippen LogP contribution is 2.41. The number of methoxy groups -OCH3 is 1. The minimum absolute atomic E-state index is 0.0478. The number of aliphatic hydroxyl groups is 4. The van der Waals surface area contributed by atoms with Crippen LogP contribution < -0.4 is 10.7 Å². The Morgan fingerprint density at radius 3 is 2.32 bits per heavy atom. The molecule has 1 aromatic carbocycles. The lowest BCUT2D eigenvalue weighted by molar-refractivity contribution is -0.318. The maximum Gasteiger partial charge on any atom is 0.341 e. The molecule has 0 unspecified atom stereocenters. The van der Waals surface area contributed by atoms with Gasteiger partial charge >= 0.3 is 17.9 Å². The summed E-state index contributed by atoms with van der Waals surface area (Å²) >= 11 is 0. The first-order chi connectivity index (χ1) is 35.1. The highest BCUT2D eigenvalue weighted by atomic mass is 16.7. The van der Waals surface area contributed by atoms with Crippen LogP contribution in [0.15, 0.2) is 23.1 Å². The van der Waals surface area contributed by atoms with Crippen molar-refractivity contribution in [3.05, 3.63) is 45.2 Å². The van der Waals surface area contributed by atoms with Gasteiger partial charge in [0.2, 0.25) is 5.43 Å². The number of pyridine rings is 1. The summed E-state index contributed by atoms with van der Waals surface area (Å²) in [5.74, 6) is -4.55. The van der Waals surface area contributed by atoms with Gasteiger partial charge < -0.3 is 78.4 Å². The van der Waals surface area contributed by atoms with Gasteiger partial charge in [0.05, 0.1) is 54.0 Å². The van der Waals surface area contributed by atoms with Crippen molar-refractivity contribution in [3.63, 3.8) is 0 Å². The van der Waals surface area contributed by atoms with Gasteiger partial charge in [0.25, 0.3) is 0 Å². The number of aryl methyl sites for hydroxylation is 3. The molecule has 0 amide bonds. The fourth-order valence-electron chi connectivity index (χ4n) is 12.2. The molecule has 0 aliphatic carbocycles. The first kappa shape index (κ1) is 60.6. The average molecular weight is 1060 g/mol. The smallest absolute Gasteiger partial charge is 0.341 e. The Bertz CT molecular complexity index is 2340. The van der Waals surface area contributed by atoms with Crippen molar-refractivity contribution in [1.82, 2.24) is 19.7 Å². The van der Waals surface area contributed by atoms with Crippen LogP contribution in [0.3, 0.4) is 0 Å². The van der Waals surface area contributed by atoms with Gasteiger partial charge in [-0.3, -0.25) is 14.4 Å². The zero-order chi connectivity index (χ0) is 55.5. The molecule has 424 valence electrons. The Morgan fingerprint density at radius 2 is 1.67 bits per heavy atom. The number of carbonyl (C=O) groups excluding carboxylic acids is 2. The maximum absolute atomic E-state index is 14.5. The minimum Gasteiger partial charge on any atom is -0.477 e. The van der Waals surface area contributed by atoms with E-state index in [1.54, 1.807) is 47.6 Å². The van der Waals surface area contributed by atoms with Crippen molar-refractivity contribution < 1.29 is 73.1 Å². The summed E-state index contributed by atoms with van der Waals surface area (Å²) < 4.78 is 46.6. The van der Waals surface area contributed by atoms with Crippen LogP contribution in [-0.4, -0.2) is 196 Å². The molecule has 6 rings (SSSR count). The van der Waals surface area contributed by atoms with Crippen LogP contribution in [0.2, 0.25) is 0 Å². The lowest BCUT2D eigenvalue weighted by atomic mass is 9.77. The highest BCUT2D eigenvalue weighted by molar-refractivity contribution is 5.94. The minimum atomic E-state index is -1.83. The Kier molecular flexibility index (Phi) is 20.2. The van der Waals surface area contributed by atoms with Crippen LogP contribution in [0.4, 0.5) is 0 Å². The largest absolute Gasteiger partial charge is 0.477 e. The van der Waals surface area contributed by atoms with Gasteiger partial charge in [-0.2, -0.15) is 0 Å². The molecule has 3 fully saturated rings. The van der Waals surface area contributed by atoms with Crippen molar-refractivity contribution in [3.8, 4) is 0 Å². The van der Waals surface area contributed by atoms with Crippen molar-refractivity contribution in [2.75, 3.05) is 54.4 Å². The second-order valence-corrected chi connectivity index (χ2v) is 23.1. The van der Waals surface area contributed by atoms with E-state index in [9.17, 15) is 44.7 Å². The molecule has 4 aliphatic heterocycles. The number of cyclic esters (lactones) is 1. The zero-order valence-corrected chi connectivity index (χ0v) is 46.6. The van der Waals surface area contributed by atoms with Crippen molar-refractivity contribution in [1.29, 1.82) is 0 Å². The van der Waals surface area contributed by atoms with E-state index in [-0.39, 0.29) is 55.9 Å². The summed E-state index contributed by atoms with van der Waals surface area (Å²) in [7, 11) is 7.06. The number of β-amino-alcohol motifs (C(OH)–C–C–N with tert-alkyl or cyclic N) is 1. The van der Waals surface area contributed by atoms with E-state index in [1.807, 2.05) is 49.4 Å². The van der Waals surface area contributed by atoms with Gasteiger partial charge in [0.1, 0.15) is 29.0 Å². The summed E-state index contributed by atoms with van der Waals surface area (Å²) in [4.78, 5) is 56.5. The number of nitrogens with one attached hydrogen (secondary N) is 1. The molecule has 2 aromatic rings. The van der Waals surface area contributed by atoms with Crippen LogP contribution in [0, 0.1) is 17.8 Å². The molecule has 4 aliphatic rings. The van der Waals surface area contributed by atoms with E-state index < -0.39 is 107 Å². The van der Waals surface area contributed by atoms with Gasteiger partial charge in [0, 0.05) is 63.3 Å². The Hall–Kier alpha value is -3.64. The third-order valence-corrected chi connectivity index (χ3v) is 16.3. The number of aliphatic hydroxyl groups excluding tert-OH is 2. The predicted molar refractivity (Wildman–Crippen MR) is 278 cm³/mol. The number of aromatic carboxylic acids is 1. The van der Waals surface area contributed by atoms with E-state index in [0.717, 1.165) is 23.1 Å². The molecular weight excluding hydrogens is 973 g/mol. The lowest BCUT2D eigenvalue weighted by Gasteiger charge is -2.49. The molecule has 0 spiro atoms. The molecule has 0 saturated carbocycles. The van der Waals surface area contributed by atoms with E-state index in [4.69, 9.17) is 33.2 Å². The second kappa shape index (κ2) is 25.0. The summed E-state index contributed by atoms with van der Waals surface area (Å²) in [6.07, 6.45) is -5.37. The van der Waals surface area contributed by atoms with Gasteiger partial charge in [-0.05, 0) is 131 Å². The number of carboxylic acid groups (broad SMARTS) is 1. The van der Waals surface area contributed by atoms with Crippen LogP contribution >= 0.6 is 0 Å². The Labute approximate surface area is 442 Å². The number of benzene rings is 1. The van der Waals surface area contributed by atoms with Crippen LogP contribution in [-0.2, 0) is 62.1 Å². The highest BCUT2D eigenvalue weighted by Gasteiger charge is 2.53. The van der Waals surface area contributed by atoms with Gasteiger partial charge in [0.15, 0.2) is 18.7 Å². The summed E-state index contributed by atoms with van der Waals surface area (Å²) in [5.41, 5.74) is -2.55. The summed E-state index contributed by atoms with van der Waals surface area (Å²) in [5, 5.41) is 60.9. The third kappa shape index (κ3) is 14.0. The number of ether oxygens (including phenoxy) is 7. The Balaban J connectivity index is 1.17. The number of nitrogens with zero attached hydrogens (tertiary/aromatic N) is 3. The zero-order valence-electron chi connectivity index (χ0n) is 46.6. The van der Waals surface area contributed by atoms with E-state index in [1.165, 1.54) is 20.2 Å². The molecule has 75 heavy (non-hydrogen) atoms. The number of hydrogen-bond acceptors (Lipinski definition) is 18. The number of esters is 2. The molecule has 6 N–H and O–H groups in total. The predicted octanol–water partition coefficient (Wildman–Crippen LogP) is 3.24. The lowest BCUT2D eigenvalue weighted by Crippen LogP contribution is -2.61. The van der Waals surface area contributed by atoms with Gasteiger partial charge in [-0.1, -0.05) is 26.8 Å².